The minimum atomic E-state index is 0. The molecule has 11 heterocycles. The third-order valence-corrected chi connectivity index (χ3v) is 15.5. The van der Waals surface area contributed by atoms with E-state index in [1.807, 2.05) is 76.2 Å². The largest absolute Gasteiger partial charge is 0.395 e. The van der Waals surface area contributed by atoms with Crippen LogP contribution in [0.1, 0.15) is 261 Å². The molecule has 105 heavy (non-hydrogen) atoms. The van der Waals surface area contributed by atoms with Crippen LogP contribution < -0.4 is 14.7 Å². The van der Waals surface area contributed by atoms with Crippen molar-refractivity contribution in [3.63, 3.8) is 0 Å². The van der Waals surface area contributed by atoms with E-state index in [2.05, 4.69) is 241 Å². The van der Waals surface area contributed by atoms with Gasteiger partial charge in [0.2, 0.25) is 11.9 Å². The number of ether oxygens (including phenoxy) is 1. The molecule has 0 radical (unpaired) electrons. The van der Waals surface area contributed by atoms with E-state index in [4.69, 9.17) is 21.4 Å². The highest BCUT2D eigenvalue weighted by Crippen LogP contribution is 2.21. The molecule has 2 fully saturated rings. The number of aryl methyl sites for hydroxylation is 3. The average Bonchev–Trinajstić information content (AvgIpc) is 0.841. The van der Waals surface area contributed by atoms with Crippen LogP contribution >= 0.6 is 11.6 Å². The fraction of sp³-hybridized carbons (Fsp3) is 0.550. The van der Waals surface area contributed by atoms with Crippen molar-refractivity contribution in [2.24, 2.45) is 0 Å². The third-order valence-electron chi connectivity index (χ3n) is 15.3. The second kappa shape index (κ2) is 52.3. The molecule has 25 heteroatoms. The summed E-state index contributed by atoms with van der Waals surface area (Å²) in [5, 5.41) is 17.2. The molecule has 24 nitrogen and oxygen atoms in total. The summed E-state index contributed by atoms with van der Waals surface area (Å²) in [6.45, 7) is 52.3. The second-order valence-electron chi connectivity index (χ2n) is 27.5. The zero-order valence-electron chi connectivity index (χ0n) is 65.9. The van der Waals surface area contributed by atoms with Gasteiger partial charge in [0.25, 0.3) is 0 Å². The predicted molar refractivity (Wildman–Crippen MR) is 431 cm³/mol. The van der Waals surface area contributed by atoms with Crippen LogP contribution in [0.5, 0.6) is 0 Å². The number of β-amino-alcohol motifs (C(OH)–C–C–N with tert-alkyl or cyclic N) is 1. The number of halogens is 1. The maximum atomic E-state index is 8.96. The summed E-state index contributed by atoms with van der Waals surface area (Å²) >= 11 is 5.64. The first-order valence-corrected chi connectivity index (χ1v) is 36.3. The zero-order chi connectivity index (χ0) is 76.4. The first kappa shape index (κ1) is 94.3. The molecule has 11 rings (SSSR count). The molecule has 0 spiro atoms. The van der Waals surface area contributed by atoms with E-state index >= 15 is 0 Å². The van der Waals surface area contributed by atoms with Gasteiger partial charge in [-0.15, -0.1) is 0 Å². The molecule has 0 unspecified atom stereocenters. The van der Waals surface area contributed by atoms with Crippen LogP contribution in [0.3, 0.4) is 0 Å². The maximum absolute atomic E-state index is 8.96. The first-order valence-electron chi connectivity index (χ1n) is 35.9. The number of aliphatic hydroxyl groups is 1. The van der Waals surface area contributed by atoms with Crippen LogP contribution in [0.4, 0.5) is 17.7 Å². The Hall–Kier alpha value is -8.71. The summed E-state index contributed by atoms with van der Waals surface area (Å²) in [5.41, 5.74) is 10.7. The molecule has 2 aliphatic rings. The van der Waals surface area contributed by atoms with E-state index in [1.54, 1.807) is 68.3 Å². The number of aliphatic hydroxyl groups excluding tert-OH is 1. The number of hydrogen-bond acceptors (Lipinski definition) is 24. The molecule has 9 aromatic rings. The Morgan fingerprint density at radius 3 is 1.42 bits per heavy atom. The Morgan fingerprint density at radius 2 is 0.981 bits per heavy atom. The molecule has 0 amide bonds. The summed E-state index contributed by atoms with van der Waals surface area (Å²) in [6, 6.07) is 17.6. The fourth-order valence-corrected chi connectivity index (χ4v) is 9.21. The molecule has 2 aliphatic heterocycles. The molecule has 1 N–H and O–H groups in total. The van der Waals surface area contributed by atoms with Gasteiger partial charge in [-0.2, -0.15) is 10.2 Å². The van der Waals surface area contributed by atoms with E-state index in [0.717, 1.165) is 145 Å². The molecular formula is C80H127ClN22O2. The SMILES string of the molecule is C.C.CC(C)c1cc(Cl)ncn1.CC(C)c1cc(N2CCOCC2)ncn1.CC(C)c1cccnn1.CC(C)c1ccnc(N(C)C)n1.CC(C)c1ccncn1.CC(C)c1cnccn1.CC(C)c1ncccn1.Cc1cc(C(C)C)nc(C)n1.Cc1cc(C(C)C)nc(N2CCN(CCO)CC2)n1. The van der Waals surface area contributed by atoms with Crippen molar-refractivity contribution in [3.05, 3.63) is 197 Å². The van der Waals surface area contributed by atoms with Crippen LogP contribution in [0.15, 0.2) is 123 Å². The molecule has 0 atom stereocenters. The lowest BCUT2D eigenvalue weighted by Crippen LogP contribution is -2.47. The Kier molecular flexibility index (Phi) is 47.0. The number of morpholine rings is 1. The molecule has 0 bridgehead atoms. The van der Waals surface area contributed by atoms with Gasteiger partial charge in [-0.05, 0) is 117 Å². The quantitative estimate of drug-likeness (QED) is 0.0990. The smallest absolute Gasteiger partial charge is 0.225 e. The molecule has 0 saturated carbocycles. The number of anilines is 3. The summed E-state index contributed by atoms with van der Waals surface area (Å²) in [5.74, 6) is 8.61. The highest BCUT2D eigenvalue weighted by atomic mass is 35.5. The minimum absolute atomic E-state index is 0. The molecule has 0 aromatic carbocycles. The van der Waals surface area contributed by atoms with Crippen LogP contribution in [0.2, 0.25) is 5.15 Å². The number of aromatic nitrogens is 18. The van der Waals surface area contributed by atoms with Crippen LogP contribution in [0, 0.1) is 20.8 Å². The lowest BCUT2D eigenvalue weighted by molar-refractivity contribution is 0.122. The van der Waals surface area contributed by atoms with Gasteiger partial charge < -0.3 is 24.5 Å². The molecular weight excluding hydrogens is 1340 g/mol. The number of hydrogen-bond donors (Lipinski definition) is 1. The van der Waals surface area contributed by atoms with Gasteiger partial charge in [0.1, 0.15) is 41.6 Å². The normalized spacial score (nSPS) is 12.3. The summed E-state index contributed by atoms with van der Waals surface area (Å²) in [6.07, 6.45) is 18.7. The average molecular weight is 1460 g/mol. The second-order valence-corrected chi connectivity index (χ2v) is 27.9. The van der Waals surface area contributed by atoms with Crippen molar-refractivity contribution in [3.8, 4) is 0 Å². The topological polar surface area (TPSA) is 274 Å². The van der Waals surface area contributed by atoms with Crippen molar-refractivity contribution in [2.45, 2.75) is 214 Å². The van der Waals surface area contributed by atoms with Crippen LogP contribution in [0.25, 0.3) is 0 Å². The van der Waals surface area contributed by atoms with E-state index in [0.29, 0.717) is 58.4 Å². The van der Waals surface area contributed by atoms with E-state index in [1.165, 1.54) is 6.33 Å². The third kappa shape index (κ3) is 38.8. The van der Waals surface area contributed by atoms with Crippen molar-refractivity contribution in [1.29, 1.82) is 0 Å². The monoisotopic (exact) mass is 1460 g/mol. The van der Waals surface area contributed by atoms with E-state index in [9.17, 15) is 0 Å². The van der Waals surface area contributed by atoms with Gasteiger partial charge in [-0.25, -0.2) is 69.8 Å². The predicted octanol–water partition coefficient (Wildman–Crippen LogP) is 16.3. The zero-order valence-corrected chi connectivity index (χ0v) is 66.6. The summed E-state index contributed by atoms with van der Waals surface area (Å²) in [7, 11) is 3.89. The molecule has 0 aliphatic carbocycles. The Balaban J connectivity index is 0.000000597. The van der Waals surface area contributed by atoms with Crippen molar-refractivity contribution >= 4 is 29.3 Å². The number of piperazine rings is 1. The Morgan fingerprint density at radius 1 is 0.438 bits per heavy atom. The number of nitrogens with zero attached hydrogens (tertiary/aromatic N) is 22. The molecule has 2 saturated heterocycles. The van der Waals surface area contributed by atoms with E-state index in [-0.39, 0.29) is 21.5 Å². The van der Waals surface area contributed by atoms with Crippen molar-refractivity contribution < 1.29 is 9.84 Å². The van der Waals surface area contributed by atoms with Gasteiger partial charge in [0.15, 0.2) is 0 Å². The molecule has 576 valence electrons. The fourth-order valence-electron chi connectivity index (χ4n) is 9.05. The maximum Gasteiger partial charge on any atom is 0.225 e. The van der Waals surface area contributed by atoms with Gasteiger partial charge in [0, 0.05) is 167 Å². The van der Waals surface area contributed by atoms with Crippen molar-refractivity contribution in [2.75, 3.05) is 94.4 Å². The summed E-state index contributed by atoms with van der Waals surface area (Å²) in [4.78, 5) is 75.4. The Labute approximate surface area is 635 Å². The number of rotatable bonds is 14. The van der Waals surface area contributed by atoms with Crippen molar-refractivity contribution in [1.82, 2.24) is 94.8 Å². The van der Waals surface area contributed by atoms with Gasteiger partial charge in [0.05, 0.1) is 31.2 Å². The van der Waals surface area contributed by atoms with Crippen LogP contribution in [-0.4, -0.2) is 180 Å². The lowest BCUT2D eigenvalue weighted by atomic mass is 10.1. The highest BCUT2D eigenvalue weighted by Gasteiger charge is 2.20. The highest BCUT2D eigenvalue weighted by molar-refractivity contribution is 6.29. The minimum Gasteiger partial charge on any atom is -0.395 e. The first-order chi connectivity index (χ1) is 49.0. The van der Waals surface area contributed by atoms with Gasteiger partial charge in [-0.3, -0.25) is 14.9 Å². The van der Waals surface area contributed by atoms with E-state index < -0.39 is 0 Å². The Bertz CT molecular complexity index is 3440. The standard InChI is InChI=1S/C14H24N4O.C11H17N3O.C9H15N3.C9H14N2.C7H9ClN2.4C7H10N2.2CH4/c1-11(2)13-10-12(3)15-14(16-13)18-6-4-17(5-7-18)8-9-19;1-9(2)10-7-11(13-8-12-10)14-3-5-15-6-4-14;1-7(2)8-5-6-10-9(11-8)12(3)4;1-6(2)9-5-7(3)10-8(4)11-9;1-5(2)6-3-7(8)10-4-9-6;1-6(2)7-5-8-3-4-9-7;1-6(2)7-3-4-8-5-9-7;1-6(2)7-8-4-3-5-9-7;1-6(2)7-4-3-5-8-9-7;;/h10-11,19H,4-9H2,1-3H3;7-9H,3-6H2,1-2H3;5-7H,1-4H3;5-6H,1-4H3;3-5H,1-2H3;4*3-6H,1-2H3;2*1H4. The lowest BCUT2D eigenvalue weighted by Gasteiger charge is -2.34. The van der Waals surface area contributed by atoms with Crippen LogP contribution in [-0.2, 0) is 4.74 Å². The summed E-state index contributed by atoms with van der Waals surface area (Å²) < 4.78 is 5.31. The van der Waals surface area contributed by atoms with Gasteiger partial charge >= 0.3 is 0 Å². The van der Waals surface area contributed by atoms with Gasteiger partial charge in [-0.1, -0.05) is 151 Å². The molecule has 9 aromatic heterocycles.